The molecule has 2 rings (SSSR count). The van der Waals surface area contributed by atoms with Crippen molar-refractivity contribution in [2.24, 2.45) is 0 Å². The first kappa shape index (κ1) is 16.1. The van der Waals surface area contributed by atoms with E-state index in [9.17, 15) is 4.79 Å². The van der Waals surface area contributed by atoms with Crippen LogP contribution in [0.25, 0.3) is 6.08 Å². The first-order valence-electron chi connectivity index (χ1n) is 6.99. The first-order valence-corrected chi connectivity index (χ1v) is 6.99. The summed E-state index contributed by atoms with van der Waals surface area (Å²) in [5.74, 6) is 0.873. The normalized spacial score (nSPS) is 10.7. The van der Waals surface area contributed by atoms with Gasteiger partial charge in [-0.1, -0.05) is 24.8 Å². The van der Waals surface area contributed by atoms with Crippen LogP contribution in [0.4, 0.5) is 0 Å². The van der Waals surface area contributed by atoms with E-state index in [4.69, 9.17) is 14.4 Å². The number of rotatable bonds is 7. The fourth-order valence-electron chi connectivity index (χ4n) is 1.81. The number of hydrogen-bond acceptors (Lipinski definition) is 4. The van der Waals surface area contributed by atoms with Crippen molar-refractivity contribution in [2.45, 2.75) is 6.54 Å². The first-order chi connectivity index (χ1) is 11.2. The standard InChI is InChI=1S/C18H16N2O3/c1-2-9-22-16-7-5-14(6-8-16)11-15(12-19)18(21)20-13-17-4-3-10-23-17/h2-8,10-11H,1,9,13H2,(H,20,21)/b15-11-. The van der Waals surface area contributed by atoms with Gasteiger partial charge in [-0.3, -0.25) is 4.79 Å². The molecule has 23 heavy (non-hydrogen) atoms. The molecule has 5 nitrogen and oxygen atoms in total. The summed E-state index contributed by atoms with van der Waals surface area (Å²) in [7, 11) is 0. The Bertz CT molecular complexity index is 723. The summed E-state index contributed by atoms with van der Waals surface area (Å²) in [6, 6.07) is 12.5. The Kier molecular flexibility index (Phi) is 5.78. The van der Waals surface area contributed by atoms with Crippen molar-refractivity contribution in [1.82, 2.24) is 5.32 Å². The number of benzene rings is 1. The molecule has 0 unspecified atom stereocenters. The molecule has 1 N–H and O–H groups in total. The van der Waals surface area contributed by atoms with Gasteiger partial charge in [0.15, 0.2) is 0 Å². The lowest BCUT2D eigenvalue weighted by atomic mass is 10.1. The fraction of sp³-hybridized carbons (Fsp3) is 0.111. The molecule has 0 aliphatic carbocycles. The van der Waals surface area contributed by atoms with Crippen molar-refractivity contribution in [3.63, 3.8) is 0 Å². The van der Waals surface area contributed by atoms with Crippen LogP contribution >= 0.6 is 0 Å². The van der Waals surface area contributed by atoms with Crippen LogP contribution in [0.5, 0.6) is 5.75 Å². The van der Waals surface area contributed by atoms with Crippen LogP contribution in [0.3, 0.4) is 0 Å². The van der Waals surface area contributed by atoms with Crippen molar-refractivity contribution in [3.05, 3.63) is 72.2 Å². The van der Waals surface area contributed by atoms with Gasteiger partial charge in [0.2, 0.25) is 0 Å². The van der Waals surface area contributed by atoms with Gasteiger partial charge in [-0.05, 0) is 35.9 Å². The second-order valence-corrected chi connectivity index (χ2v) is 4.60. The van der Waals surface area contributed by atoms with Gasteiger partial charge in [0.05, 0.1) is 12.8 Å². The average Bonchev–Trinajstić information content (AvgIpc) is 3.10. The third-order valence-electron chi connectivity index (χ3n) is 2.93. The van der Waals surface area contributed by atoms with Gasteiger partial charge in [-0.25, -0.2) is 0 Å². The van der Waals surface area contributed by atoms with Crippen LogP contribution in [0.2, 0.25) is 0 Å². The van der Waals surface area contributed by atoms with E-state index in [1.165, 1.54) is 12.3 Å². The molecule has 0 saturated heterocycles. The molecule has 0 bridgehead atoms. The van der Waals surface area contributed by atoms with Crippen LogP contribution in [0.1, 0.15) is 11.3 Å². The van der Waals surface area contributed by atoms with Gasteiger partial charge in [0, 0.05) is 0 Å². The average molecular weight is 308 g/mol. The molecule has 0 aliphatic rings. The third-order valence-corrected chi connectivity index (χ3v) is 2.93. The lowest BCUT2D eigenvalue weighted by molar-refractivity contribution is -0.117. The zero-order valence-electron chi connectivity index (χ0n) is 12.5. The molecular weight excluding hydrogens is 292 g/mol. The molecule has 0 spiro atoms. The Morgan fingerprint density at radius 2 is 2.13 bits per heavy atom. The van der Waals surface area contributed by atoms with E-state index in [1.54, 1.807) is 42.5 Å². The zero-order valence-corrected chi connectivity index (χ0v) is 12.5. The predicted octanol–water partition coefficient (Wildman–Crippen LogP) is 3.07. The topological polar surface area (TPSA) is 75.3 Å². The number of nitriles is 1. The minimum atomic E-state index is -0.448. The van der Waals surface area contributed by atoms with Crippen molar-refractivity contribution in [2.75, 3.05) is 6.61 Å². The molecule has 0 radical (unpaired) electrons. The van der Waals surface area contributed by atoms with Crippen molar-refractivity contribution in [1.29, 1.82) is 5.26 Å². The number of amides is 1. The highest BCUT2D eigenvalue weighted by atomic mass is 16.5. The molecule has 1 aromatic carbocycles. The van der Waals surface area contributed by atoms with E-state index >= 15 is 0 Å². The molecule has 1 aromatic heterocycles. The third kappa shape index (κ3) is 4.90. The molecule has 0 aliphatic heterocycles. The summed E-state index contributed by atoms with van der Waals surface area (Å²) in [4.78, 5) is 12.0. The smallest absolute Gasteiger partial charge is 0.262 e. The molecule has 0 atom stereocenters. The van der Waals surface area contributed by atoms with Crippen molar-refractivity contribution in [3.8, 4) is 11.8 Å². The Labute approximate surface area is 134 Å². The van der Waals surface area contributed by atoms with E-state index in [-0.39, 0.29) is 12.1 Å². The van der Waals surface area contributed by atoms with Gasteiger partial charge < -0.3 is 14.5 Å². The van der Waals surface area contributed by atoms with Crippen molar-refractivity contribution >= 4 is 12.0 Å². The number of nitrogens with one attached hydrogen (secondary N) is 1. The van der Waals surface area contributed by atoms with E-state index in [0.29, 0.717) is 18.1 Å². The second kappa shape index (κ2) is 8.25. The largest absolute Gasteiger partial charge is 0.490 e. The number of nitrogens with zero attached hydrogens (tertiary/aromatic N) is 1. The van der Waals surface area contributed by atoms with E-state index < -0.39 is 5.91 Å². The Morgan fingerprint density at radius 1 is 1.35 bits per heavy atom. The maximum Gasteiger partial charge on any atom is 0.262 e. The van der Waals surface area contributed by atoms with E-state index in [2.05, 4.69) is 11.9 Å². The van der Waals surface area contributed by atoms with Gasteiger partial charge in [0.25, 0.3) is 5.91 Å². The highest BCUT2D eigenvalue weighted by Gasteiger charge is 2.09. The van der Waals surface area contributed by atoms with E-state index in [0.717, 1.165) is 5.56 Å². The number of hydrogen-bond donors (Lipinski definition) is 1. The summed E-state index contributed by atoms with van der Waals surface area (Å²) in [5.41, 5.74) is 0.761. The van der Waals surface area contributed by atoms with Gasteiger partial charge in [-0.2, -0.15) is 5.26 Å². The summed E-state index contributed by atoms with van der Waals surface area (Å²) < 4.78 is 10.5. The van der Waals surface area contributed by atoms with Crippen LogP contribution in [-0.2, 0) is 11.3 Å². The van der Waals surface area contributed by atoms with Crippen LogP contribution in [-0.4, -0.2) is 12.5 Å². The molecule has 0 saturated carbocycles. The van der Waals surface area contributed by atoms with Gasteiger partial charge in [-0.15, -0.1) is 0 Å². The molecule has 116 valence electrons. The predicted molar refractivity (Wildman–Crippen MR) is 86.3 cm³/mol. The van der Waals surface area contributed by atoms with Crippen molar-refractivity contribution < 1.29 is 13.9 Å². The van der Waals surface area contributed by atoms with Crippen LogP contribution in [0, 0.1) is 11.3 Å². The number of ether oxygens (including phenoxy) is 1. The Balaban J connectivity index is 2.01. The van der Waals surface area contributed by atoms with Gasteiger partial charge in [0.1, 0.15) is 29.8 Å². The highest BCUT2D eigenvalue weighted by Crippen LogP contribution is 2.14. The van der Waals surface area contributed by atoms with Crippen LogP contribution in [0.15, 0.2) is 65.3 Å². The minimum Gasteiger partial charge on any atom is -0.490 e. The maximum atomic E-state index is 12.0. The monoisotopic (exact) mass is 308 g/mol. The lowest BCUT2D eigenvalue weighted by Crippen LogP contribution is -2.23. The molecule has 2 aromatic rings. The van der Waals surface area contributed by atoms with E-state index in [1.807, 2.05) is 6.07 Å². The molecule has 0 fully saturated rings. The summed E-state index contributed by atoms with van der Waals surface area (Å²) >= 11 is 0. The van der Waals surface area contributed by atoms with Crippen LogP contribution < -0.4 is 10.1 Å². The number of carbonyl (C=O) groups excluding carboxylic acids is 1. The maximum absolute atomic E-state index is 12.0. The summed E-state index contributed by atoms with van der Waals surface area (Å²) in [5, 5.41) is 11.8. The highest BCUT2D eigenvalue weighted by molar-refractivity contribution is 6.01. The van der Waals surface area contributed by atoms with Gasteiger partial charge >= 0.3 is 0 Å². The number of furan rings is 1. The Morgan fingerprint density at radius 3 is 2.74 bits per heavy atom. The lowest BCUT2D eigenvalue weighted by Gasteiger charge is -2.04. The minimum absolute atomic E-state index is 0.0244. The SMILES string of the molecule is C=CCOc1ccc(/C=C(/C#N)C(=O)NCc2ccco2)cc1. The summed E-state index contributed by atoms with van der Waals surface area (Å²) in [6.07, 6.45) is 4.71. The Hall–Kier alpha value is -3.26. The quantitative estimate of drug-likeness (QED) is 0.484. The molecule has 5 heteroatoms. The summed E-state index contributed by atoms with van der Waals surface area (Å²) in [6.45, 7) is 4.24. The molecular formula is C18H16N2O3. The second-order valence-electron chi connectivity index (χ2n) is 4.60. The zero-order chi connectivity index (χ0) is 16.5. The number of carbonyl (C=O) groups is 1. The molecule has 1 amide bonds. The fourth-order valence-corrected chi connectivity index (χ4v) is 1.81. The molecule has 1 heterocycles.